The molecule has 3 aromatic rings. The van der Waals surface area contributed by atoms with E-state index in [4.69, 9.17) is 0 Å². The lowest BCUT2D eigenvalue weighted by molar-refractivity contribution is -0.129. The molecule has 2 amide bonds. The molecule has 1 fully saturated rings. The SMILES string of the molecule is Cc1ccccc1CC(=O)NNC(=O)CN1CCCC1c1cccc2ccccc12. The molecule has 3 aromatic carbocycles. The normalized spacial score (nSPS) is 16.5. The minimum Gasteiger partial charge on any atom is -0.287 e. The van der Waals surface area contributed by atoms with Crippen molar-refractivity contribution in [2.75, 3.05) is 13.1 Å². The summed E-state index contributed by atoms with van der Waals surface area (Å²) < 4.78 is 0. The Morgan fingerprint density at radius 3 is 2.53 bits per heavy atom. The first-order chi connectivity index (χ1) is 14.6. The van der Waals surface area contributed by atoms with Crippen molar-refractivity contribution in [3.63, 3.8) is 0 Å². The molecule has 0 spiro atoms. The molecule has 1 aliphatic heterocycles. The standard InChI is InChI=1S/C25H27N3O2/c1-18-8-2-3-10-20(18)16-24(29)26-27-25(30)17-28-15-7-14-23(28)22-13-6-11-19-9-4-5-12-21(19)22/h2-6,8-13,23H,7,14-17H2,1H3,(H,26,29)(H,27,30). The summed E-state index contributed by atoms with van der Waals surface area (Å²) in [7, 11) is 0. The van der Waals surface area contributed by atoms with Crippen molar-refractivity contribution in [1.82, 2.24) is 15.8 Å². The number of fused-ring (bicyclic) bond motifs is 1. The molecule has 0 aliphatic carbocycles. The molecule has 5 nitrogen and oxygen atoms in total. The minimum absolute atomic E-state index is 0.194. The molecule has 0 aromatic heterocycles. The van der Waals surface area contributed by atoms with Crippen LogP contribution in [0.1, 0.15) is 35.6 Å². The van der Waals surface area contributed by atoms with Crippen LogP contribution in [0.4, 0.5) is 0 Å². The van der Waals surface area contributed by atoms with Crippen LogP contribution in [-0.4, -0.2) is 29.8 Å². The van der Waals surface area contributed by atoms with E-state index >= 15 is 0 Å². The highest BCUT2D eigenvalue weighted by molar-refractivity contribution is 5.86. The molecule has 1 atom stereocenters. The fourth-order valence-corrected chi connectivity index (χ4v) is 4.30. The van der Waals surface area contributed by atoms with Crippen LogP contribution in [0.25, 0.3) is 10.8 Å². The van der Waals surface area contributed by atoms with E-state index < -0.39 is 0 Å². The maximum Gasteiger partial charge on any atom is 0.252 e. The van der Waals surface area contributed by atoms with Gasteiger partial charge in [0.05, 0.1) is 13.0 Å². The first kappa shape index (κ1) is 20.1. The van der Waals surface area contributed by atoms with Gasteiger partial charge in [0.25, 0.3) is 5.91 Å². The van der Waals surface area contributed by atoms with Crippen molar-refractivity contribution < 1.29 is 9.59 Å². The van der Waals surface area contributed by atoms with Crippen molar-refractivity contribution >= 4 is 22.6 Å². The van der Waals surface area contributed by atoms with E-state index in [0.29, 0.717) is 0 Å². The number of amides is 2. The summed E-state index contributed by atoms with van der Waals surface area (Å²) in [5.41, 5.74) is 8.42. The Balaban J connectivity index is 1.36. The maximum absolute atomic E-state index is 12.5. The van der Waals surface area contributed by atoms with Gasteiger partial charge in [-0.15, -0.1) is 0 Å². The zero-order valence-corrected chi connectivity index (χ0v) is 17.2. The predicted octanol–water partition coefficient (Wildman–Crippen LogP) is 3.68. The number of aryl methyl sites for hydroxylation is 1. The number of hydrazine groups is 1. The summed E-state index contributed by atoms with van der Waals surface area (Å²) in [5.74, 6) is -0.412. The third-order valence-electron chi connectivity index (χ3n) is 5.85. The third-order valence-corrected chi connectivity index (χ3v) is 5.85. The lowest BCUT2D eigenvalue weighted by Crippen LogP contribution is -2.46. The number of benzene rings is 3. The van der Waals surface area contributed by atoms with Gasteiger partial charge in [-0.2, -0.15) is 0 Å². The van der Waals surface area contributed by atoms with Gasteiger partial charge in [0.15, 0.2) is 0 Å². The highest BCUT2D eigenvalue weighted by atomic mass is 16.2. The molecule has 2 N–H and O–H groups in total. The fourth-order valence-electron chi connectivity index (χ4n) is 4.30. The summed E-state index contributed by atoms with van der Waals surface area (Å²) in [6, 6.07) is 22.7. The number of nitrogens with one attached hydrogen (secondary N) is 2. The number of carbonyl (C=O) groups excluding carboxylic acids is 2. The van der Waals surface area contributed by atoms with Gasteiger partial charge in [-0.25, -0.2) is 0 Å². The zero-order valence-electron chi connectivity index (χ0n) is 17.2. The highest BCUT2D eigenvalue weighted by Crippen LogP contribution is 2.35. The van der Waals surface area contributed by atoms with E-state index in [2.05, 4.69) is 52.1 Å². The molecule has 30 heavy (non-hydrogen) atoms. The average molecular weight is 402 g/mol. The quantitative estimate of drug-likeness (QED) is 0.641. The van der Waals surface area contributed by atoms with Crippen LogP contribution in [-0.2, 0) is 16.0 Å². The van der Waals surface area contributed by atoms with E-state index in [1.807, 2.05) is 37.3 Å². The second kappa shape index (κ2) is 9.09. The Labute approximate surface area is 177 Å². The molecule has 0 radical (unpaired) electrons. The number of rotatable bonds is 5. The number of hydrogen-bond donors (Lipinski definition) is 2. The summed E-state index contributed by atoms with van der Waals surface area (Å²) >= 11 is 0. The van der Waals surface area contributed by atoms with Crippen LogP contribution in [0.15, 0.2) is 66.7 Å². The molecule has 0 bridgehead atoms. The Hall–Kier alpha value is -3.18. The number of hydrogen-bond acceptors (Lipinski definition) is 3. The van der Waals surface area contributed by atoms with Crippen molar-refractivity contribution in [3.05, 3.63) is 83.4 Å². The molecule has 1 heterocycles. The summed E-state index contributed by atoms with van der Waals surface area (Å²) in [4.78, 5) is 26.9. The zero-order chi connectivity index (χ0) is 20.9. The molecular weight excluding hydrogens is 374 g/mol. The monoisotopic (exact) mass is 401 g/mol. The third kappa shape index (κ3) is 4.52. The van der Waals surface area contributed by atoms with Crippen LogP contribution in [0.2, 0.25) is 0 Å². The van der Waals surface area contributed by atoms with Crippen LogP contribution in [0.5, 0.6) is 0 Å². The van der Waals surface area contributed by atoms with Crippen molar-refractivity contribution in [1.29, 1.82) is 0 Å². The van der Waals surface area contributed by atoms with Crippen LogP contribution in [0, 0.1) is 6.92 Å². The molecular formula is C25H27N3O2. The van der Waals surface area contributed by atoms with Gasteiger partial charge in [-0.05, 0) is 53.8 Å². The van der Waals surface area contributed by atoms with Gasteiger partial charge < -0.3 is 0 Å². The van der Waals surface area contributed by atoms with E-state index in [0.717, 1.165) is 30.5 Å². The van der Waals surface area contributed by atoms with Gasteiger partial charge in [-0.3, -0.25) is 25.3 Å². The topological polar surface area (TPSA) is 61.4 Å². The lowest BCUT2D eigenvalue weighted by atomic mass is 9.97. The van der Waals surface area contributed by atoms with Crippen molar-refractivity contribution in [3.8, 4) is 0 Å². The minimum atomic E-state index is -0.218. The summed E-state index contributed by atoms with van der Waals surface area (Å²) in [6.07, 6.45) is 2.33. The smallest absolute Gasteiger partial charge is 0.252 e. The van der Waals surface area contributed by atoms with Gasteiger partial charge in [-0.1, -0.05) is 66.7 Å². The number of carbonyl (C=O) groups is 2. The van der Waals surface area contributed by atoms with Crippen molar-refractivity contribution in [2.24, 2.45) is 0 Å². The predicted molar refractivity (Wildman–Crippen MR) is 119 cm³/mol. The molecule has 1 saturated heterocycles. The van der Waals surface area contributed by atoms with Crippen LogP contribution >= 0.6 is 0 Å². The summed E-state index contributed by atoms with van der Waals surface area (Å²) in [6.45, 7) is 3.11. The number of likely N-dealkylation sites (tertiary alicyclic amines) is 1. The molecule has 154 valence electrons. The van der Waals surface area contributed by atoms with Gasteiger partial charge in [0.2, 0.25) is 5.91 Å². The molecule has 0 saturated carbocycles. The van der Waals surface area contributed by atoms with E-state index in [1.54, 1.807) is 0 Å². The number of nitrogens with zero attached hydrogens (tertiary/aromatic N) is 1. The molecule has 5 heteroatoms. The fraction of sp³-hybridized carbons (Fsp3) is 0.280. The Kier molecular flexibility index (Phi) is 6.10. The largest absolute Gasteiger partial charge is 0.287 e. The maximum atomic E-state index is 12.5. The van der Waals surface area contributed by atoms with Crippen LogP contribution in [0.3, 0.4) is 0 Å². The first-order valence-electron chi connectivity index (χ1n) is 10.5. The second-order valence-corrected chi connectivity index (χ2v) is 7.90. The first-order valence-corrected chi connectivity index (χ1v) is 10.5. The van der Waals surface area contributed by atoms with Crippen molar-refractivity contribution in [2.45, 2.75) is 32.2 Å². The molecule has 4 rings (SSSR count). The van der Waals surface area contributed by atoms with E-state index in [9.17, 15) is 9.59 Å². The van der Waals surface area contributed by atoms with Gasteiger partial charge in [0, 0.05) is 6.04 Å². The Morgan fingerprint density at radius 2 is 1.67 bits per heavy atom. The summed E-state index contributed by atoms with van der Waals surface area (Å²) in [5, 5.41) is 2.46. The highest BCUT2D eigenvalue weighted by Gasteiger charge is 2.28. The molecule has 1 unspecified atom stereocenters. The van der Waals surface area contributed by atoms with Gasteiger partial charge in [0.1, 0.15) is 0 Å². The van der Waals surface area contributed by atoms with E-state index in [-0.39, 0.29) is 30.8 Å². The Morgan fingerprint density at radius 1 is 0.933 bits per heavy atom. The Bertz CT molecular complexity index is 1060. The second-order valence-electron chi connectivity index (χ2n) is 7.90. The van der Waals surface area contributed by atoms with Crippen LogP contribution < -0.4 is 10.9 Å². The lowest BCUT2D eigenvalue weighted by Gasteiger charge is -2.25. The molecule has 1 aliphatic rings. The van der Waals surface area contributed by atoms with Gasteiger partial charge >= 0.3 is 0 Å². The van der Waals surface area contributed by atoms with E-state index in [1.165, 1.54) is 16.3 Å². The average Bonchev–Trinajstić information content (AvgIpc) is 3.21.